The largest absolute Gasteiger partial charge is 0.381 e. The first-order chi connectivity index (χ1) is 8.65. The zero-order chi connectivity index (χ0) is 13.1. The van der Waals surface area contributed by atoms with E-state index in [4.69, 9.17) is 10.5 Å². The molecule has 1 aliphatic heterocycles. The Labute approximate surface area is 109 Å². The van der Waals surface area contributed by atoms with E-state index in [0.717, 1.165) is 32.2 Å². The first-order valence-electron chi connectivity index (χ1n) is 6.94. The molecule has 0 aromatic carbocycles. The second kappa shape index (κ2) is 5.99. The van der Waals surface area contributed by atoms with Crippen molar-refractivity contribution in [1.82, 2.24) is 10.2 Å². The number of nitrogens with zero attached hydrogens (tertiary/aromatic N) is 1. The summed E-state index contributed by atoms with van der Waals surface area (Å²) in [4.78, 5) is 14.3. The third kappa shape index (κ3) is 3.22. The Morgan fingerprint density at radius 1 is 1.50 bits per heavy atom. The van der Waals surface area contributed by atoms with Gasteiger partial charge in [0, 0.05) is 32.3 Å². The standard InChI is InChI=1S/C13H25N3O2/c1-9(13(17)15-10-3-4-10)16-6-5-12(18-2)7-11(16)8-14/h9-12H,3-8,14H2,1-2H3,(H,15,17). The van der Waals surface area contributed by atoms with Crippen LogP contribution in [0.2, 0.25) is 0 Å². The number of carbonyl (C=O) groups excluding carboxylic acids is 1. The zero-order valence-electron chi connectivity index (χ0n) is 11.4. The fraction of sp³-hybridized carbons (Fsp3) is 0.923. The Balaban J connectivity index is 1.90. The van der Waals surface area contributed by atoms with Crippen molar-refractivity contribution in [2.24, 2.45) is 5.73 Å². The lowest BCUT2D eigenvalue weighted by molar-refractivity contribution is -0.128. The van der Waals surface area contributed by atoms with E-state index < -0.39 is 0 Å². The Morgan fingerprint density at radius 2 is 2.22 bits per heavy atom. The number of amides is 1. The van der Waals surface area contributed by atoms with Gasteiger partial charge in [0.1, 0.15) is 0 Å². The van der Waals surface area contributed by atoms with E-state index in [0.29, 0.717) is 12.6 Å². The van der Waals surface area contributed by atoms with Gasteiger partial charge in [-0.3, -0.25) is 9.69 Å². The molecule has 0 spiro atoms. The number of nitrogens with two attached hydrogens (primary N) is 1. The van der Waals surface area contributed by atoms with Gasteiger partial charge < -0.3 is 15.8 Å². The molecule has 2 rings (SSSR count). The molecule has 0 aromatic heterocycles. The van der Waals surface area contributed by atoms with Crippen molar-refractivity contribution < 1.29 is 9.53 Å². The molecule has 2 fully saturated rings. The number of methoxy groups -OCH3 is 1. The van der Waals surface area contributed by atoms with Crippen LogP contribution in [0.15, 0.2) is 0 Å². The number of hydrogen-bond donors (Lipinski definition) is 2. The molecule has 104 valence electrons. The lowest BCUT2D eigenvalue weighted by Gasteiger charge is -2.41. The van der Waals surface area contributed by atoms with Crippen LogP contribution >= 0.6 is 0 Å². The molecular formula is C13H25N3O2. The Hall–Kier alpha value is -0.650. The van der Waals surface area contributed by atoms with E-state index in [9.17, 15) is 4.79 Å². The van der Waals surface area contributed by atoms with Crippen molar-refractivity contribution in [2.45, 2.75) is 56.8 Å². The average molecular weight is 255 g/mol. The van der Waals surface area contributed by atoms with Gasteiger partial charge in [-0.05, 0) is 32.6 Å². The van der Waals surface area contributed by atoms with Crippen LogP contribution in [0.25, 0.3) is 0 Å². The molecule has 1 saturated heterocycles. The smallest absolute Gasteiger partial charge is 0.237 e. The van der Waals surface area contributed by atoms with Crippen molar-refractivity contribution in [3.05, 3.63) is 0 Å². The number of nitrogens with one attached hydrogen (secondary N) is 1. The third-order valence-electron chi connectivity index (χ3n) is 4.12. The van der Waals surface area contributed by atoms with Crippen LogP contribution in [0.5, 0.6) is 0 Å². The summed E-state index contributed by atoms with van der Waals surface area (Å²) in [6.45, 7) is 3.45. The van der Waals surface area contributed by atoms with Crippen molar-refractivity contribution >= 4 is 5.91 Å². The van der Waals surface area contributed by atoms with E-state index >= 15 is 0 Å². The minimum absolute atomic E-state index is 0.0862. The average Bonchev–Trinajstić information content (AvgIpc) is 3.20. The van der Waals surface area contributed by atoms with Crippen LogP contribution in [-0.2, 0) is 9.53 Å². The van der Waals surface area contributed by atoms with Gasteiger partial charge in [0.15, 0.2) is 0 Å². The third-order valence-corrected chi connectivity index (χ3v) is 4.12. The zero-order valence-corrected chi connectivity index (χ0v) is 11.4. The predicted molar refractivity (Wildman–Crippen MR) is 70.2 cm³/mol. The maximum Gasteiger partial charge on any atom is 0.237 e. The van der Waals surface area contributed by atoms with E-state index in [1.807, 2.05) is 6.92 Å². The fourth-order valence-corrected chi connectivity index (χ4v) is 2.69. The number of rotatable bonds is 5. The lowest BCUT2D eigenvalue weighted by atomic mass is 9.97. The molecule has 0 radical (unpaired) electrons. The molecule has 5 nitrogen and oxygen atoms in total. The SMILES string of the molecule is COC1CCN(C(C)C(=O)NC2CC2)C(CN)C1. The summed E-state index contributed by atoms with van der Waals surface area (Å²) in [5, 5.41) is 3.07. The molecule has 1 heterocycles. The highest BCUT2D eigenvalue weighted by Crippen LogP contribution is 2.23. The van der Waals surface area contributed by atoms with E-state index in [2.05, 4.69) is 10.2 Å². The summed E-state index contributed by atoms with van der Waals surface area (Å²) in [5.74, 6) is 0.145. The predicted octanol–water partition coefficient (Wildman–Crippen LogP) is 0.0916. The first-order valence-corrected chi connectivity index (χ1v) is 6.94. The number of ether oxygens (including phenoxy) is 1. The van der Waals surface area contributed by atoms with Gasteiger partial charge in [-0.1, -0.05) is 0 Å². The summed E-state index contributed by atoms with van der Waals surface area (Å²) in [6, 6.07) is 0.591. The van der Waals surface area contributed by atoms with Crippen molar-refractivity contribution in [2.75, 3.05) is 20.2 Å². The Bertz CT molecular complexity index is 294. The molecule has 3 N–H and O–H groups in total. The minimum atomic E-state index is -0.0862. The molecule has 5 heteroatoms. The highest BCUT2D eigenvalue weighted by molar-refractivity contribution is 5.81. The Morgan fingerprint density at radius 3 is 2.78 bits per heavy atom. The van der Waals surface area contributed by atoms with E-state index in [-0.39, 0.29) is 24.1 Å². The highest BCUT2D eigenvalue weighted by atomic mass is 16.5. The number of carbonyl (C=O) groups is 1. The minimum Gasteiger partial charge on any atom is -0.381 e. The normalized spacial score (nSPS) is 31.1. The second-order valence-electron chi connectivity index (χ2n) is 5.47. The van der Waals surface area contributed by atoms with Gasteiger partial charge in [0.2, 0.25) is 5.91 Å². The van der Waals surface area contributed by atoms with Crippen LogP contribution in [-0.4, -0.2) is 55.2 Å². The maximum atomic E-state index is 12.1. The Kier molecular flexibility index (Phi) is 4.59. The molecule has 1 amide bonds. The monoisotopic (exact) mass is 255 g/mol. The molecule has 1 saturated carbocycles. The van der Waals surface area contributed by atoms with Gasteiger partial charge in [0.25, 0.3) is 0 Å². The van der Waals surface area contributed by atoms with Crippen LogP contribution in [0.3, 0.4) is 0 Å². The topological polar surface area (TPSA) is 67.6 Å². The van der Waals surface area contributed by atoms with Gasteiger partial charge in [-0.25, -0.2) is 0 Å². The summed E-state index contributed by atoms with van der Waals surface area (Å²) in [5.41, 5.74) is 5.83. The molecular weight excluding hydrogens is 230 g/mol. The summed E-state index contributed by atoms with van der Waals surface area (Å²) in [7, 11) is 1.75. The molecule has 3 atom stereocenters. The lowest BCUT2D eigenvalue weighted by Crippen LogP contribution is -2.56. The summed E-state index contributed by atoms with van der Waals surface area (Å²) in [6.07, 6.45) is 4.45. The van der Waals surface area contributed by atoms with E-state index in [1.54, 1.807) is 7.11 Å². The highest BCUT2D eigenvalue weighted by Gasteiger charge is 2.34. The van der Waals surface area contributed by atoms with Crippen molar-refractivity contribution in [1.29, 1.82) is 0 Å². The van der Waals surface area contributed by atoms with Gasteiger partial charge in [-0.2, -0.15) is 0 Å². The first kappa shape index (κ1) is 13.8. The number of hydrogen-bond acceptors (Lipinski definition) is 4. The molecule has 0 aromatic rings. The maximum absolute atomic E-state index is 12.1. The second-order valence-corrected chi connectivity index (χ2v) is 5.47. The molecule has 2 aliphatic rings. The van der Waals surface area contributed by atoms with Crippen molar-refractivity contribution in [3.8, 4) is 0 Å². The number of piperidine rings is 1. The summed E-state index contributed by atoms with van der Waals surface area (Å²) < 4.78 is 5.40. The molecule has 3 unspecified atom stereocenters. The fourth-order valence-electron chi connectivity index (χ4n) is 2.69. The van der Waals surface area contributed by atoms with Gasteiger partial charge in [-0.15, -0.1) is 0 Å². The van der Waals surface area contributed by atoms with Gasteiger partial charge in [0.05, 0.1) is 12.1 Å². The van der Waals surface area contributed by atoms with Gasteiger partial charge >= 0.3 is 0 Å². The molecule has 0 bridgehead atoms. The van der Waals surface area contributed by atoms with Crippen LogP contribution < -0.4 is 11.1 Å². The summed E-state index contributed by atoms with van der Waals surface area (Å²) >= 11 is 0. The van der Waals surface area contributed by atoms with Crippen LogP contribution in [0.4, 0.5) is 0 Å². The molecule has 1 aliphatic carbocycles. The number of likely N-dealkylation sites (tertiary alicyclic amines) is 1. The van der Waals surface area contributed by atoms with Crippen molar-refractivity contribution in [3.63, 3.8) is 0 Å². The van der Waals surface area contributed by atoms with Crippen LogP contribution in [0.1, 0.15) is 32.6 Å². The van der Waals surface area contributed by atoms with E-state index in [1.165, 1.54) is 0 Å². The quantitative estimate of drug-likeness (QED) is 0.731. The van der Waals surface area contributed by atoms with Crippen LogP contribution in [0, 0.1) is 0 Å². The molecule has 18 heavy (non-hydrogen) atoms.